The van der Waals surface area contributed by atoms with Crippen molar-refractivity contribution in [3.8, 4) is 17.5 Å². The van der Waals surface area contributed by atoms with Gasteiger partial charge in [-0.2, -0.15) is 10.4 Å². The predicted molar refractivity (Wildman–Crippen MR) is 93.0 cm³/mol. The largest absolute Gasteiger partial charge is 0.486 e. The maximum absolute atomic E-state index is 8.88. The van der Waals surface area contributed by atoms with Gasteiger partial charge < -0.3 is 4.74 Å². The van der Waals surface area contributed by atoms with E-state index in [0.29, 0.717) is 5.56 Å². The second-order valence-electron chi connectivity index (χ2n) is 5.59. The van der Waals surface area contributed by atoms with Crippen LogP contribution in [0.5, 0.6) is 5.75 Å². The van der Waals surface area contributed by atoms with Crippen molar-refractivity contribution in [1.82, 2.24) is 9.78 Å². The van der Waals surface area contributed by atoms with Gasteiger partial charge in [0.05, 0.1) is 17.4 Å². The van der Waals surface area contributed by atoms with Gasteiger partial charge in [0.25, 0.3) is 0 Å². The van der Waals surface area contributed by atoms with Crippen molar-refractivity contribution in [3.63, 3.8) is 0 Å². The number of hydrogen-bond acceptors (Lipinski definition) is 3. The molecule has 1 heterocycles. The highest BCUT2D eigenvalue weighted by molar-refractivity contribution is 5.38. The molecule has 0 saturated heterocycles. The fourth-order valence-corrected chi connectivity index (χ4v) is 2.59. The summed E-state index contributed by atoms with van der Waals surface area (Å²) < 4.78 is 7.86. The van der Waals surface area contributed by atoms with E-state index < -0.39 is 0 Å². The maximum Gasteiger partial charge on any atom is 0.124 e. The predicted octanol–water partition coefficient (Wildman–Crippen LogP) is 4.66. The van der Waals surface area contributed by atoms with Crippen molar-refractivity contribution >= 4 is 0 Å². The molecule has 120 valence electrons. The van der Waals surface area contributed by atoms with Gasteiger partial charge in [-0.1, -0.05) is 43.7 Å². The van der Waals surface area contributed by atoms with Crippen molar-refractivity contribution in [2.75, 3.05) is 0 Å². The van der Waals surface area contributed by atoms with E-state index in [9.17, 15) is 0 Å². The molecular formula is C20H19N3O. The zero-order valence-corrected chi connectivity index (χ0v) is 13.6. The van der Waals surface area contributed by atoms with Crippen molar-refractivity contribution < 1.29 is 4.74 Å². The molecule has 1 aromatic heterocycles. The molecule has 3 aromatic rings. The van der Waals surface area contributed by atoms with Crippen molar-refractivity contribution in [3.05, 3.63) is 78.1 Å². The van der Waals surface area contributed by atoms with Gasteiger partial charge >= 0.3 is 0 Å². The third-order valence-electron chi connectivity index (χ3n) is 3.81. The quantitative estimate of drug-likeness (QED) is 0.664. The molecule has 0 N–H and O–H groups in total. The molecule has 0 amide bonds. The summed E-state index contributed by atoms with van der Waals surface area (Å²) in [5.41, 5.74) is 2.63. The van der Waals surface area contributed by atoms with Crippen LogP contribution in [0.2, 0.25) is 0 Å². The SMILES string of the molecule is CCCC(Oc1ccc(-n2cc(C#N)cn2)cc1)c1ccccc1. The zero-order valence-electron chi connectivity index (χ0n) is 13.6. The fourth-order valence-electron chi connectivity index (χ4n) is 2.59. The normalized spacial score (nSPS) is 11.7. The molecule has 0 saturated carbocycles. The molecule has 0 radical (unpaired) electrons. The van der Waals surface area contributed by atoms with Crippen LogP contribution in [0.4, 0.5) is 0 Å². The molecule has 3 rings (SSSR count). The van der Waals surface area contributed by atoms with Crippen LogP contribution in [0.15, 0.2) is 67.0 Å². The van der Waals surface area contributed by atoms with Crippen LogP contribution in [0.25, 0.3) is 5.69 Å². The number of ether oxygens (including phenoxy) is 1. The number of nitrogens with zero attached hydrogens (tertiary/aromatic N) is 3. The minimum atomic E-state index is 0.0527. The van der Waals surface area contributed by atoms with Crippen LogP contribution >= 0.6 is 0 Å². The lowest BCUT2D eigenvalue weighted by Gasteiger charge is -2.19. The summed E-state index contributed by atoms with van der Waals surface area (Å²) in [5, 5.41) is 13.1. The Morgan fingerprint density at radius 3 is 2.50 bits per heavy atom. The lowest BCUT2D eigenvalue weighted by Crippen LogP contribution is -2.07. The Kier molecular flexibility index (Phi) is 4.93. The number of hydrogen-bond donors (Lipinski definition) is 0. The topological polar surface area (TPSA) is 50.8 Å². The molecule has 0 aliphatic carbocycles. The smallest absolute Gasteiger partial charge is 0.124 e. The second-order valence-corrected chi connectivity index (χ2v) is 5.59. The Balaban J connectivity index is 1.76. The number of aromatic nitrogens is 2. The first-order chi connectivity index (χ1) is 11.8. The van der Waals surface area contributed by atoms with Crippen LogP contribution in [0.1, 0.15) is 37.0 Å². The Morgan fingerprint density at radius 2 is 1.88 bits per heavy atom. The Bertz CT molecular complexity index is 816. The molecule has 1 unspecified atom stereocenters. The van der Waals surface area contributed by atoms with E-state index in [4.69, 9.17) is 10.00 Å². The molecule has 0 aliphatic rings. The molecule has 0 fully saturated rings. The van der Waals surface area contributed by atoms with Gasteiger partial charge in [-0.05, 0) is 36.2 Å². The number of nitriles is 1. The summed E-state index contributed by atoms with van der Waals surface area (Å²) >= 11 is 0. The first kappa shape index (κ1) is 15.8. The third-order valence-corrected chi connectivity index (χ3v) is 3.81. The molecule has 4 nitrogen and oxygen atoms in total. The van der Waals surface area contributed by atoms with Gasteiger partial charge in [-0.25, -0.2) is 4.68 Å². The van der Waals surface area contributed by atoms with Gasteiger partial charge in [-0.3, -0.25) is 0 Å². The van der Waals surface area contributed by atoms with Crippen molar-refractivity contribution in [2.24, 2.45) is 0 Å². The molecule has 0 spiro atoms. The van der Waals surface area contributed by atoms with Gasteiger partial charge in [0.2, 0.25) is 0 Å². The third kappa shape index (κ3) is 3.64. The second kappa shape index (κ2) is 7.47. The summed E-state index contributed by atoms with van der Waals surface area (Å²) in [4.78, 5) is 0. The van der Waals surface area contributed by atoms with Gasteiger partial charge in [0.1, 0.15) is 17.9 Å². The van der Waals surface area contributed by atoms with E-state index in [1.54, 1.807) is 17.1 Å². The molecule has 24 heavy (non-hydrogen) atoms. The van der Waals surface area contributed by atoms with Crippen LogP contribution in [0.3, 0.4) is 0 Å². The summed E-state index contributed by atoms with van der Waals surface area (Å²) in [5.74, 6) is 0.828. The number of rotatable bonds is 6. The molecule has 0 bridgehead atoms. The summed E-state index contributed by atoms with van der Waals surface area (Å²) in [7, 11) is 0. The standard InChI is InChI=1S/C20H19N3O/c1-2-6-20(17-7-4-3-5-8-17)24-19-11-9-18(10-12-19)23-15-16(13-21)14-22-23/h3-5,7-12,14-15,20H,2,6H2,1H3. The Labute approximate surface area is 141 Å². The highest BCUT2D eigenvalue weighted by Gasteiger charge is 2.12. The van der Waals surface area contributed by atoms with E-state index in [2.05, 4.69) is 30.2 Å². The zero-order chi connectivity index (χ0) is 16.8. The van der Waals surface area contributed by atoms with E-state index in [-0.39, 0.29) is 6.10 Å². The van der Waals surface area contributed by atoms with Crippen LogP contribution in [0, 0.1) is 11.3 Å². The van der Waals surface area contributed by atoms with Gasteiger partial charge in [0, 0.05) is 6.20 Å². The Hall–Kier alpha value is -3.06. The average Bonchev–Trinajstić information content (AvgIpc) is 3.12. The summed E-state index contributed by atoms with van der Waals surface area (Å²) in [6, 6.07) is 20.1. The first-order valence-electron chi connectivity index (χ1n) is 8.07. The van der Waals surface area contributed by atoms with Crippen LogP contribution in [-0.2, 0) is 0 Å². The highest BCUT2D eigenvalue weighted by atomic mass is 16.5. The fraction of sp³-hybridized carbons (Fsp3) is 0.200. The lowest BCUT2D eigenvalue weighted by molar-refractivity contribution is 0.194. The monoisotopic (exact) mass is 317 g/mol. The summed E-state index contributed by atoms with van der Waals surface area (Å²) in [6.07, 6.45) is 5.34. The summed E-state index contributed by atoms with van der Waals surface area (Å²) in [6.45, 7) is 2.16. The van der Waals surface area contributed by atoms with Gasteiger partial charge in [0.15, 0.2) is 0 Å². The van der Waals surface area contributed by atoms with Crippen LogP contribution < -0.4 is 4.74 Å². The van der Waals surface area contributed by atoms with Crippen LogP contribution in [-0.4, -0.2) is 9.78 Å². The molecule has 1 atom stereocenters. The highest BCUT2D eigenvalue weighted by Crippen LogP contribution is 2.26. The van der Waals surface area contributed by atoms with E-state index in [0.717, 1.165) is 24.3 Å². The number of benzene rings is 2. The molecule has 4 heteroatoms. The van der Waals surface area contributed by atoms with E-state index in [1.807, 2.05) is 42.5 Å². The van der Waals surface area contributed by atoms with E-state index >= 15 is 0 Å². The molecule has 2 aromatic carbocycles. The van der Waals surface area contributed by atoms with Crippen molar-refractivity contribution in [2.45, 2.75) is 25.9 Å². The lowest BCUT2D eigenvalue weighted by atomic mass is 10.1. The Morgan fingerprint density at radius 1 is 1.12 bits per heavy atom. The van der Waals surface area contributed by atoms with Gasteiger partial charge in [-0.15, -0.1) is 0 Å². The molecule has 0 aliphatic heterocycles. The van der Waals surface area contributed by atoms with Crippen molar-refractivity contribution in [1.29, 1.82) is 5.26 Å². The first-order valence-corrected chi connectivity index (χ1v) is 8.07. The maximum atomic E-state index is 8.88. The minimum absolute atomic E-state index is 0.0527. The average molecular weight is 317 g/mol. The molecular weight excluding hydrogens is 298 g/mol. The minimum Gasteiger partial charge on any atom is -0.486 e. The van der Waals surface area contributed by atoms with E-state index in [1.165, 1.54) is 5.56 Å².